The molecular formula is C18H31NO2. The highest BCUT2D eigenvalue weighted by Gasteiger charge is 2.38. The van der Waals surface area contributed by atoms with Crippen molar-refractivity contribution in [2.45, 2.75) is 57.5 Å². The quantitative estimate of drug-likeness (QED) is 0.869. The fourth-order valence-electron chi connectivity index (χ4n) is 3.17. The molecule has 2 rings (SSSR count). The van der Waals surface area contributed by atoms with Gasteiger partial charge in [0.1, 0.15) is 5.75 Å². The first-order chi connectivity index (χ1) is 10.2. The lowest BCUT2D eigenvalue weighted by molar-refractivity contribution is -0.0211. The largest absolute Gasteiger partial charge is 0.497 e. The molecule has 0 heterocycles. The number of ether oxygens (including phenoxy) is 1. The topological polar surface area (TPSA) is 41.5 Å². The number of rotatable bonds is 5. The van der Waals surface area contributed by atoms with Crippen LogP contribution in [0.2, 0.25) is 0 Å². The fourth-order valence-corrected chi connectivity index (χ4v) is 3.17. The maximum absolute atomic E-state index is 11.0. The lowest BCUT2D eigenvalue weighted by atomic mass is 9.73. The molecule has 1 atom stereocenters. The van der Waals surface area contributed by atoms with E-state index in [1.807, 2.05) is 33.0 Å². The van der Waals surface area contributed by atoms with Gasteiger partial charge in [-0.15, -0.1) is 0 Å². The molecule has 2 N–H and O–H groups in total. The summed E-state index contributed by atoms with van der Waals surface area (Å²) < 4.78 is 5.20. The van der Waals surface area contributed by atoms with Crippen LogP contribution in [-0.2, 0) is 0 Å². The van der Waals surface area contributed by atoms with E-state index in [9.17, 15) is 5.11 Å². The van der Waals surface area contributed by atoms with Crippen LogP contribution in [0, 0.1) is 0 Å². The third-order valence-corrected chi connectivity index (χ3v) is 4.29. The van der Waals surface area contributed by atoms with Crippen molar-refractivity contribution in [2.24, 2.45) is 0 Å². The highest BCUT2D eigenvalue weighted by atomic mass is 16.5. The van der Waals surface area contributed by atoms with Gasteiger partial charge < -0.3 is 15.2 Å². The summed E-state index contributed by atoms with van der Waals surface area (Å²) in [4.78, 5) is 0. The molecule has 21 heavy (non-hydrogen) atoms. The second-order valence-corrected chi connectivity index (χ2v) is 5.55. The first-order valence-corrected chi connectivity index (χ1v) is 8.20. The summed E-state index contributed by atoms with van der Waals surface area (Å²) in [5.41, 5.74) is 0.634. The highest BCUT2D eigenvalue weighted by molar-refractivity contribution is 5.31. The molecule has 0 aromatic heterocycles. The van der Waals surface area contributed by atoms with Crippen LogP contribution in [0.1, 0.15) is 57.4 Å². The summed E-state index contributed by atoms with van der Waals surface area (Å²) in [5, 5.41) is 14.2. The van der Waals surface area contributed by atoms with Crippen LogP contribution in [0.4, 0.5) is 0 Å². The molecule has 0 amide bonds. The maximum Gasteiger partial charge on any atom is 0.118 e. The zero-order valence-corrected chi connectivity index (χ0v) is 14.0. The summed E-state index contributed by atoms with van der Waals surface area (Å²) in [7, 11) is 3.62. The van der Waals surface area contributed by atoms with E-state index in [-0.39, 0.29) is 5.92 Å². The van der Waals surface area contributed by atoms with E-state index in [1.165, 1.54) is 12.0 Å². The molecule has 1 aromatic rings. The van der Waals surface area contributed by atoms with Crippen LogP contribution in [0.15, 0.2) is 24.3 Å². The molecule has 1 saturated carbocycles. The summed E-state index contributed by atoms with van der Waals surface area (Å²) in [6.45, 7) is 4.81. The van der Waals surface area contributed by atoms with Crippen LogP contribution in [-0.4, -0.2) is 31.4 Å². The molecule has 1 fully saturated rings. The summed E-state index contributed by atoms with van der Waals surface area (Å²) in [5.74, 6) is 1.02. The van der Waals surface area contributed by atoms with E-state index in [0.29, 0.717) is 0 Å². The Labute approximate surface area is 129 Å². The molecular weight excluding hydrogens is 262 g/mol. The van der Waals surface area contributed by atoms with Crippen molar-refractivity contribution >= 4 is 0 Å². The lowest BCUT2D eigenvalue weighted by Gasteiger charge is -2.39. The number of likely N-dealkylation sites (N-methyl/N-ethyl adjacent to an activating group) is 1. The minimum Gasteiger partial charge on any atom is -0.497 e. The molecule has 0 radical (unpaired) electrons. The maximum atomic E-state index is 11.0. The molecule has 3 nitrogen and oxygen atoms in total. The van der Waals surface area contributed by atoms with Gasteiger partial charge in [-0.25, -0.2) is 0 Å². The molecule has 0 spiro atoms. The van der Waals surface area contributed by atoms with E-state index in [2.05, 4.69) is 17.4 Å². The number of hydrogen-bond donors (Lipinski definition) is 2. The Morgan fingerprint density at radius 3 is 2.19 bits per heavy atom. The minimum absolute atomic E-state index is 0.156. The average molecular weight is 293 g/mol. The number of benzene rings is 1. The molecule has 120 valence electrons. The standard InChI is InChI=1S/C16H25NO2.C2H6/c1-17-12-15(16(18)10-4-3-5-11-16)13-6-8-14(19-2)9-7-13;1-2/h6-9,15,17-18H,3-5,10-12H2,1-2H3;1-2H3/t15-;/m1./s1. The molecule has 0 unspecified atom stereocenters. The van der Waals surface area contributed by atoms with Gasteiger partial charge in [-0.05, 0) is 37.6 Å². The van der Waals surface area contributed by atoms with Gasteiger partial charge in [0.25, 0.3) is 0 Å². The van der Waals surface area contributed by atoms with E-state index >= 15 is 0 Å². The number of hydrogen-bond acceptors (Lipinski definition) is 3. The van der Waals surface area contributed by atoms with E-state index in [4.69, 9.17) is 4.74 Å². The van der Waals surface area contributed by atoms with Crippen LogP contribution in [0.25, 0.3) is 0 Å². The van der Waals surface area contributed by atoms with Crippen LogP contribution in [0.5, 0.6) is 5.75 Å². The van der Waals surface area contributed by atoms with Crippen LogP contribution >= 0.6 is 0 Å². The van der Waals surface area contributed by atoms with Gasteiger partial charge in [0.15, 0.2) is 0 Å². The second kappa shape index (κ2) is 9.06. The first-order valence-electron chi connectivity index (χ1n) is 8.20. The normalized spacial score (nSPS) is 18.3. The van der Waals surface area contributed by atoms with Gasteiger partial charge in [-0.3, -0.25) is 0 Å². The smallest absolute Gasteiger partial charge is 0.118 e. The predicted octanol–water partition coefficient (Wildman–Crippen LogP) is 3.72. The predicted molar refractivity (Wildman–Crippen MR) is 89.0 cm³/mol. The number of nitrogens with one attached hydrogen (secondary N) is 1. The third-order valence-electron chi connectivity index (χ3n) is 4.29. The van der Waals surface area contributed by atoms with Crippen LogP contribution in [0.3, 0.4) is 0 Å². The summed E-state index contributed by atoms with van der Waals surface area (Å²) >= 11 is 0. The van der Waals surface area contributed by atoms with Gasteiger partial charge >= 0.3 is 0 Å². The molecule has 1 aromatic carbocycles. The Hall–Kier alpha value is -1.06. The number of methoxy groups -OCH3 is 1. The zero-order chi connectivity index (χ0) is 15.7. The molecule has 1 aliphatic rings. The third kappa shape index (κ3) is 4.72. The van der Waals surface area contributed by atoms with Crippen molar-refractivity contribution in [1.29, 1.82) is 0 Å². The van der Waals surface area contributed by atoms with E-state index in [1.54, 1.807) is 7.11 Å². The lowest BCUT2D eigenvalue weighted by Crippen LogP contribution is -2.42. The minimum atomic E-state index is -0.560. The summed E-state index contributed by atoms with van der Waals surface area (Å²) in [6.07, 6.45) is 5.33. The van der Waals surface area contributed by atoms with Crippen molar-refractivity contribution in [3.05, 3.63) is 29.8 Å². The van der Waals surface area contributed by atoms with Gasteiger partial charge in [0.2, 0.25) is 0 Å². The zero-order valence-electron chi connectivity index (χ0n) is 14.0. The Morgan fingerprint density at radius 1 is 1.14 bits per heavy atom. The van der Waals surface area contributed by atoms with Crippen molar-refractivity contribution in [3.63, 3.8) is 0 Å². The van der Waals surface area contributed by atoms with Crippen molar-refractivity contribution < 1.29 is 9.84 Å². The summed E-state index contributed by atoms with van der Waals surface area (Å²) in [6, 6.07) is 8.11. The Morgan fingerprint density at radius 2 is 1.71 bits per heavy atom. The Kier molecular flexibility index (Phi) is 7.76. The van der Waals surface area contributed by atoms with Crippen molar-refractivity contribution in [2.75, 3.05) is 20.7 Å². The molecule has 0 aliphatic heterocycles. The molecule has 1 aliphatic carbocycles. The van der Waals surface area contributed by atoms with Crippen molar-refractivity contribution in [1.82, 2.24) is 5.32 Å². The molecule has 3 heteroatoms. The van der Waals surface area contributed by atoms with Gasteiger partial charge in [0, 0.05) is 12.5 Å². The molecule has 0 saturated heterocycles. The fraction of sp³-hybridized carbons (Fsp3) is 0.667. The van der Waals surface area contributed by atoms with Gasteiger partial charge in [0.05, 0.1) is 12.7 Å². The van der Waals surface area contributed by atoms with Gasteiger partial charge in [-0.2, -0.15) is 0 Å². The Bertz CT molecular complexity index is 383. The number of aliphatic hydroxyl groups is 1. The SMILES string of the molecule is CC.CNC[C@H](c1ccc(OC)cc1)C1(O)CCCCC1. The Balaban J connectivity index is 0.00000106. The monoisotopic (exact) mass is 293 g/mol. The second-order valence-electron chi connectivity index (χ2n) is 5.55. The molecule has 0 bridgehead atoms. The van der Waals surface area contributed by atoms with E-state index in [0.717, 1.165) is 38.0 Å². The van der Waals surface area contributed by atoms with Crippen LogP contribution < -0.4 is 10.1 Å². The van der Waals surface area contributed by atoms with Gasteiger partial charge in [-0.1, -0.05) is 45.2 Å². The first kappa shape index (κ1) is 18.0. The highest BCUT2D eigenvalue weighted by Crippen LogP contribution is 2.39. The van der Waals surface area contributed by atoms with E-state index < -0.39 is 5.60 Å². The van der Waals surface area contributed by atoms with Crippen molar-refractivity contribution in [3.8, 4) is 5.75 Å². The average Bonchev–Trinajstić information content (AvgIpc) is 2.55.